The van der Waals surface area contributed by atoms with Crippen LogP contribution in [0.1, 0.15) is 49.0 Å². The lowest BCUT2D eigenvalue weighted by molar-refractivity contribution is 0.00752. The molecule has 4 aromatic heterocycles. The topological polar surface area (TPSA) is 138 Å². The molecular formula is C22H22N6O4S. The zero-order valence-corrected chi connectivity index (χ0v) is 19.1. The predicted molar refractivity (Wildman–Crippen MR) is 122 cm³/mol. The summed E-state index contributed by atoms with van der Waals surface area (Å²) in [6.45, 7) is 5.48. The minimum absolute atomic E-state index is 0.228. The van der Waals surface area contributed by atoms with Crippen LogP contribution in [0, 0.1) is 0 Å². The molecule has 0 amide bonds. The Morgan fingerprint density at radius 2 is 2.12 bits per heavy atom. The fourth-order valence-corrected chi connectivity index (χ4v) is 4.08. The Morgan fingerprint density at radius 3 is 2.79 bits per heavy atom. The van der Waals surface area contributed by atoms with Crippen molar-refractivity contribution < 1.29 is 14.6 Å². The molecule has 0 radical (unpaired) electrons. The quantitative estimate of drug-likeness (QED) is 0.392. The molecule has 33 heavy (non-hydrogen) atoms. The number of aromatic amines is 2. The van der Waals surface area contributed by atoms with E-state index in [4.69, 9.17) is 14.7 Å². The van der Waals surface area contributed by atoms with Crippen molar-refractivity contribution in [2.24, 2.45) is 4.99 Å². The Bertz CT molecular complexity index is 1550. The second kappa shape index (κ2) is 7.69. The summed E-state index contributed by atoms with van der Waals surface area (Å²) in [6.07, 6.45) is 5.25. The number of hydrogen-bond acceptors (Lipinski definition) is 8. The minimum atomic E-state index is -0.582. The first-order chi connectivity index (χ1) is 15.7. The van der Waals surface area contributed by atoms with Gasteiger partial charge >= 0.3 is 11.7 Å². The van der Waals surface area contributed by atoms with Gasteiger partial charge in [0.25, 0.3) is 0 Å². The maximum Gasteiger partial charge on any atom is 0.348 e. The molecule has 10 nitrogen and oxygen atoms in total. The standard InChI is InChI=1S/C22H22N6O4S/c1-22(2,3)32-20(30)16-7-6-15(33-16)13-9-17(24-12-4-5-12)28-18(25-13)11(10-23-28)8-14-19(29)27-21(31)26-14/h6-10,12,29H,4-5H2,1-3H3,(H2,26,27,31). The summed E-state index contributed by atoms with van der Waals surface area (Å²) in [7, 11) is 0. The van der Waals surface area contributed by atoms with E-state index in [-0.39, 0.29) is 23.6 Å². The Balaban J connectivity index is 1.64. The number of ether oxygens (including phenoxy) is 1. The Morgan fingerprint density at radius 1 is 1.33 bits per heavy atom. The molecule has 1 aliphatic carbocycles. The van der Waals surface area contributed by atoms with Crippen LogP contribution >= 0.6 is 11.3 Å². The highest BCUT2D eigenvalue weighted by atomic mass is 32.1. The third-order valence-corrected chi connectivity index (χ3v) is 5.92. The number of esters is 1. The summed E-state index contributed by atoms with van der Waals surface area (Å²) in [5, 5.41) is 14.9. The largest absolute Gasteiger partial charge is 0.493 e. The van der Waals surface area contributed by atoms with Gasteiger partial charge in [-0.05, 0) is 51.8 Å². The first-order valence-corrected chi connectivity index (χ1v) is 11.3. The average Bonchev–Trinajstić information content (AvgIpc) is 3.11. The van der Waals surface area contributed by atoms with Crippen LogP contribution in [-0.4, -0.2) is 47.3 Å². The van der Waals surface area contributed by atoms with Crippen molar-refractivity contribution in [1.29, 1.82) is 0 Å². The van der Waals surface area contributed by atoms with Crippen molar-refractivity contribution in [3.63, 3.8) is 0 Å². The number of hydrogen-bond donors (Lipinski definition) is 3. The number of thiophene rings is 1. The van der Waals surface area contributed by atoms with E-state index in [0.29, 0.717) is 26.9 Å². The summed E-state index contributed by atoms with van der Waals surface area (Å²) in [5.74, 6) is -0.647. The zero-order chi connectivity index (χ0) is 23.3. The van der Waals surface area contributed by atoms with Gasteiger partial charge in [-0.1, -0.05) is 0 Å². The molecular weight excluding hydrogens is 444 g/mol. The van der Waals surface area contributed by atoms with Crippen LogP contribution in [0.2, 0.25) is 0 Å². The first kappa shape index (κ1) is 21.1. The lowest BCUT2D eigenvalue weighted by Gasteiger charge is -2.18. The number of aromatic nitrogens is 5. The number of rotatable bonds is 4. The van der Waals surface area contributed by atoms with Gasteiger partial charge in [0, 0.05) is 11.3 Å². The van der Waals surface area contributed by atoms with E-state index in [0.717, 1.165) is 17.7 Å². The van der Waals surface area contributed by atoms with Crippen LogP contribution in [0.4, 0.5) is 0 Å². The molecule has 3 N–H and O–H groups in total. The molecule has 4 heterocycles. The van der Waals surface area contributed by atoms with Crippen LogP contribution in [0.25, 0.3) is 22.3 Å². The van der Waals surface area contributed by atoms with Crippen molar-refractivity contribution >= 4 is 29.0 Å². The van der Waals surface area contributed by atoms with Crippen molar-refractivity contribution in [2.75, 3.05) is 0 Å². The molecule has 4 aromatic rings. The van der Waals surface area contributed by atoms with Gasteiger partial charge in [-0.25, -0.2) is 14.6 Å². The maximum absolute atomic E-state index is 12.5. The molecule has 0 aromatic carbocycles. The fourth-order valence-electron chi connectivity index (χ4n) is 3.24. The number of fused-ring (bicyclic) bond motifs is 1. The molecule has 5 rings (SSSR count). The minimum Gasteiger partial charge on any atom is -0.493 e. The number of H-pyrrole nitrogens is 2. The molecule has 0 bridgehead atoms. The normalized spacial score (nSPS) is 15.5. The number of carbonyl (C=O) groups excluding carboxylic acids is 1. The van der Waals surface area contributed by atoms with Crippen LogP contribution in [-0.2, 0) is 4.74 Å². The van der Waals surface area contributed by atoms with Gasteiger partial charge in [0.1, 0.15) is 16.2 Å². The highest BCUT2D eigenvalue weighted by Gasteiger charge is 2.22. The van der Waals surface area contributed by atoms with Gasteiger partial charge in [0.2, 0.25) is 5.88 Å². The molecule has 1 aliphatic rings. The zero-order valence-electron chi connectivity index (χ0n) is 18.2. The van der Waals surface area contributed by atoms with E-state index in [1.165, 1.54) is 11.3 Å². The van der Waals surface area contributed by atoms with E-state index in [9.17, 15) is 14.7 Å². The van der Waals surface area contributed by atoms with Crippen LogP contribution in [0.15, 0.2) is 34.2 Å². The molecule has 0 spiro atoms. The average molecular weight is 467 g/mol. The third kappa shape index (κ3) is 4.44. The number of nitrogens with zero attached hydrogens (tertiary/aromatic N) is 4. The van der Waals surface area contributed by atoms with E-state index < -0.39 is 11.3 Å². The smallest absolute Gasteiger partial charge is 0.348 e. The van der Waals surface area contributed by atoms with Crippen LogP contribution in [0.3, 0.4) is 0 Å². The summed E-state index contributed by atoms with van der Waals surface area (Å²) >= 11 is 1.29. The SMILES string of the molecule is CC(C)(C)OC(=O)c1ccc(-c2cc(=NC3CC3)n3ncc(=Cc4[nH]c(=O)[nH]c4O)c3n2)s1. The van der Waals surface area contributed by atoms with Gasteiger partial charge in [0.05, 0.1) is 22.8 Å². The molecule has 1 saturated carbocycles. The van der Waals surface area contributed by atoms with E-state index in [1.54, 1.807) is 22.9 Å². The predicted octanol–water partition coefficient (Wildman–Crippen LogP) is 1.75. The molecule has 0 atom stereocenters. The van der Waals surface area contributed by atoms with Gasteiger partial charge in [-0.15, -0.1) is 11.3 Å². The summed E-state index contributed by atoms with van der Waals surface area (Å²) in [4.78, 5) is 39.6. The summed E-state index contributed by atoms with van der Waals surface area (Å²) < 4.78 is 7.11. The highest BCUT2D eigenvalue weighted by molar-refractivity contribution is 7.17. The lowest BCUT2D eigenvalue weighted by atomic mass is 10.2. The molecule has 11 heteroatoms. The van der Waals surface area contributed by atoms with Crippen LogP contribution in [0.5, 0.6) is 5.88 Å². The molecule has 0 saturated heterocycles. The van der Waals surface area contributed by atoms with Gasteiger partial charge in [-0.2, -0.15) is 9.61 Å². The molecule has 1 fully saturated rings. The Hall–Kier alpha value is -3.73. The Labute approximate surface area is 191 Å². The number of imidazole rings is 1. The van der Waals surface area contributed by atoms with E-state index in [2.05, 4.69) is 15.1 Å². The van der Waals surface area contributed by atoms with Gasteiger partial charge in [-0.3, -0.25) is 9.98 Å². The fraction of sp³-hybridized carbons (Fsp3) is 0.318. The highest BCUT2D eigenvalue weighted by Crippen LogP contribution is 2.28. The van der Waals surface area contributed by atoms with Crippen molar-refractivity contribution in [3.8, 4) is 16.5 Å². The van der Waals surface area contributed by atoms with E-state index in [1.807, 2.05) is 32.9 Å². The van der Waals surface area contributed by atoms with Gasteiger partial charge in [0.15, 0.2) is 11.1 Å². The molecule has 0 unspecified atom stereocenters. The first-order valence-electron chi connectivity index (χ1n) is 10.5. The third-order valence-electron chi connectivity index (χ3n) is 4.84. The monoisotopic (exact) mass is 466 g/mol. The molecule has 0 aliphatic heterocycles. The van der Waals surface area contributed by atoms with E-state index >= 15 is 0 Å². The number of carbonyl (C=O) groups is 1. The van der Waals surface area contributed by atoms with Crippen molar-refractivity contribution in [1.82, 2.24) is 24.6 Å². The number of aromatic hydroxyl groups is 1. The Kier molecular flexibility index (Phi) is 4.93. The van der Waals surface area contributed by atoms with Crippen LogP contribution < -0.4 is 16.4 Å². The van der Waals surface area contributed by atoms with Crippen molar-refractivity contribution in [3.05, 3.63) is 56.2 Å². The van der Waals surface area contributed by atoms with Crippen molar-refractivity contribution in [2.45, 2.75) is 45.3 Å². The summed E-state index contributed by atoms with van der Waals surface area (Å²) in [6, 6.07) is 5.66. The second-order valence-corrected chi connectivity index (χ2v) is 9.93. The maximum atomic E-state index is 12.5. The molecule has 170 valence electrons. The van der Waals surface area contributed by atoms with Gasteiger partial charge < -0.3 is 14.8 Å². The summed E-state index contributed by atoms with van der Waals surface area (Å²) in [5.41, 5.74) is 0.940. The second-order valence-electron chi connectivity index (χ2n) is 8.85. The lowest BCUT2D eigenvalue weighted by Crippen LogP contribution is -2.23. The number of nitrogens with one attached hydrogen (secondary N) is 2.